The van der Waals surface area contributed by atoms with Crippen molar-refractivity contribution < 1.29 is 0 Å². The minimum atomic E-state index is 1.07. The van der Waals surface area contributed by atoms with Crippen molar-refractivity contribution in [3.63, 3.8) is 0 Å². The highest BCUT2D eigenvalue weighted by Crippen LogP contribution is 2.19. The first-order valence-electron chi connectivity index (χ1n) is 5.95. The number of aryl methyl sites for hydroxylation is 2. The van der Waals surface area contributed by atoms with Crippen LogP contribution in [-0.4, -0.2) is 12.8 Å². The highest BCUT2D eigenvalue weighted by atomic mass is 15.4. The van der Waals surface area contributed by atoms with Gasteiger partial charge in [0.2, 0.25) is 0 Å². The van der Waals surface area contributed by atoms with Gasteiger partial charge in [0.1, 0.15) is 0 Å². The van der Waals surface area contributed by atoms with Gasteiger partial charge in [-0.15, -0.1) is 0 Å². The molecule has 1 rings (SSSR count). The quantitative estimate of drug-likeness (QED) is 0.556. The number of benzene rings is 1. The van der Waals surface area contributed by atoms with Gasteiger partial charge in [-0.1, -0.05) is 19.9 Å². The number of rotatable bonds is 4. The molecule has 0 unspecified atom stereocenters. The molecule has 0 heterocycles. The molecule has 0 aliphatic heterocycles. The Morgan fingerprint density at radius 2 is 1.56 bits per heavy atom. The zero-order valence-corrected chi connectivity index (χ0v) is 11.0. The van der Waals surface area contributed by atoms with E-state index in [0.717, 1.165) is 18.6 Å². The largest absolute Gasteiger partial charge is 0.269 e. The van der Waals surface area contributed by atoms with Crippen molar-refractivity contribution in [2.45, 2.75) is 40.5 Å². The van der Waals surface area contributed by atoms with Gasteiger partial charge in [-0.25, -0.2) is 0 Å². The summed E-state index contributed by atoms with van der Waals surface area (Å²) in [6.07, 6.45) is 2.15. The van der Waals surface area contributed by atoms with Crippen LogP contribution in [0.1, 0.15) is 38.8 Å². The Kier molecular flexibility index (Phi) is 4.53. The van der Waals surface area contributed by atoms with Gasteiger partial charge in [-0.05, 0) is 49.9 Å². The van der Waals surface area contributed by atoms with Crippen LogP contribution in [0.2, 0.25) is 0 Å². The number of hydrazone groups is 1. The molecule has 0 radical (unpaired) electrons. The maximum Gasteiger partial charge on any atom is 0.0596 e. The Morgan fingerprint density at radius 1 is 1.06 bits per heavy atom. The van der Waals surface area contributed by atoms with Crippen LogP contribution in [-0.2, 0) is 12.8 Å². The first-order chi connectivity index (χ1) is 7.56. The standard InChI is InChI=1S/C14H22N2/c1-6-12-8-13(7-2)10-14(9-12)16(5)15-11(3)4/h8-10H,6-7H2,1-5H3. The van der Waals surface area contributed by atoms with Crippen molar-refractivity contribution in [3.05, 3.63) is 29.3 Å². The molecule has 2 heteroatoms. The van der Waals surface area contributed by atoms with Crippen molar-refractivity contribution in [3.8, 4) is 0 Å². The maximum atomic E-state index is 4.45. The summed E-state index contributed by atoms with van der Waals surface area (Å²) in [5, 5.41) is 6.40. The molecule has 1 aromatic rings. The molecule has 0 bridgehead atoms. The van der Waals surface area contributed by atoms with E-state index in [-0.39, 0.29) is 0 Å². The molecule has 0 N–H and O–H groups in total. The summed E-state index contributed by atoms with van der Waals surface area (Å²) in [6.45, 7) is 8.40. The molecule has 0 aromatic heterocycles. The van der Waals surface area contributed by atoms with E-state index >= 15 is 0 Å². The predicted octanol–water partition coefficient (Wildman–Crippen LogP) is 3.64. The number of hydrogen-bond acceptors (Lipinski definition) is 2. The summed E-state index contributed by atoms with van der Waals surface area (Å²) in [7, 11) is 2.00. The number of anilines is 1. The Morgan fingerprint density at radius 3 is 1.94 bits per heavy atom. The Bertz CT molecular complexity index is 354. The maximum absolute atomic E-state index is 4.45. The molecule has 0 aliphatic carbocycles. The highest BCUT2D eigenvalue weighted by Gasteiger charge is 2.03. The SMILES string of the molecule is CCc1cc(CC)cc(N(C)N=C(C)C)c1. The average molecular weight is 218 g/mol. The molecular weight excluding hydrogens is 196 g/mol. The fourth-order valence-electron chi connectivity index (χ4n) is 1.70. The normalized spacial score (nSPS) is 10.1. The van der Waals surface area contributed by atoms with E-state index in [4.69, 9.17) is 0 Å². The van der Waals surface area contributed by atoms with Crippen LogP contribution >= 0.6 is 0 Å². The summed E-state index contributed by atoms with van der Waals surface area (Å²) in [6, 6.07) is 6.71. The van der Waals surface area contributed by atoms with E-state index in [0.29, 0.717) is 0 Å². The van der Waals surface area contributed by atoms with Crippen LogP contribution in [0.3, 0.4) is 0 Å². The van der Waals surface area contributed by atoms with E-state index in [1.165, 1.54) is 16.8 Å². The van der Waals surface area contributed by atoms with Crippen molar-refractivity contribution >= 4 is 11.4 Å². The second-order valence-corrected chi connectivity index (χ2v) is 4.29. The van der Waals surface area contributed by atoms with Crippen LogP contribution in [0.25, 0.3) is 0 Å². The van der Waals surface area contributed by atoms with Crippen molar-refractivity contribution in [2.75, 3.05) is 12.1 Å². The summed E-state index contributed by atoms with van der Waals surface area (Å²) < 4.78 is 0. The molecule has 0 spiro atoms. The highest BCUT2D eigenvalue weighted by molar-refractivity contribution is 5.80. The summed E-state index contributed by atoms with van der Waals surface area (Å²) in [5.74, 6) is 0. The summed E-state index contributed by atoms with van der Waals surface area (Å²) in [4.78, 5) is 0. The Labute approximate surface area is 99.0 Å². The minimum Gasteiger partial charge on any atom is -0.269 e. The third kappa shape index (κ3) is 3.37. The lowest BCUT2D eigenvalue weighted by Gasteiger charge is -2.16. The van der Waals surface area contributed by atoms with Crippen molar-refractivity contribution in [1.82, 2.24) is 0 Å². The monoisotopic (exact) mass is 218 g/mol. The molecule has 0 saturated heterocycles. The smallest absolute Gasteiger partial charge is 0.0596 e. The van der Waals surface area contributed by atoms with Gasteiger partial charge >= 0.3 is 0 Å². The molecule has 0 fully saturated rings. The second-order valence-electron chi connectivity index (χ2n) is 4.29. The molecule has 0 saturated carbocycles. The second kappa shape index (κ2) is 5.69. The van der Waals surface area contributed by atoms with Gasteiger partial charge in [-0.3, -0.25) is 5.01 Å². The third-order valence-electron chi connectivity index (χ3n) is 2.58. The van der Waals surface area contributed by atoms with E-state index < -0.39 is 0 Å². The molecule has 0 amide bonds. The number of nitrogens with zero attached hydrogens (tertiary/aromatic N) is 2. The lowest BCUT2D eigenvalue weighted by molar-refractivity contribution is 0.992. The number of hydrogen-bond donors (Lipinski definition) is 0. The average Bonchev–Trinajstić information content (AvgIpc) is 2.27. The predicted molar refractivity (Wildman–Crippen MR) is 72.4 cm³/mol. The Balaban J connectivity index is 3.07. The molecule has 0 aliphatic rings. The zero-order chi connectivity index (χ0) is 12.1. The van der Waals surface area contributed by atoms with Crippen LogP contribution in [0.4, 0.5) is 5.69 Å². The molecule has 0 atom stereocenters. The fourth-order valence-corrected chi connectivity index (χ4v) is 1.70. The van der Waals surface area contributed by atoms with E-state index in [1.807, 2.05) is 25.9 Å². The molecular formula is C14H22N2. The lowest BCUT2D eigenvalue weighted by Crippen LogP contribution is -2.11. The van der Waals surface area contributed by atoms with Gasteiger partial charge in [-0.2, -0.15) is 5.10 Å². The lowest BCUT2D eigenvalue weighted by atomic mass is 10.1. The van der Waals surface area contributed by atoms with Gasteiger partial charge in [0.15, 0.2) is 0 Å². The van der Waals surface area contributed by atoms with Crippen LogP contribution in [0.15, 0.2) is 23.3 Å². The molecule has 16 heavy (non-hydrogen) atoms. The van der Waals surface area contributed by atoms with E-state index in [1.54, 1.807) is 0 Å². The Hall–Kier alpha value is -1.31. The summed E-state index contributed by atoms with van der Waals surface area (Å²) in [5.41, 5.74) is 5.01. The zero-order valence-electron chi connectivity index (χ0n) is 11.0. The van der Waals surface area contributed by atoms with E-state index in [2.05, 4.69) is 37.1 Å². The first-order valence-corrected chi connectivity index (χ1v) is 5.95. The van der Waals surface area contributed by atoms with Crippen molar-refractivity contribution in [1.29, 1.82) is 0 Å². The first kappa shape index (κ1) is 12.8. The minimum absolute atomic E-state index is 1.07. The van der Waals surface area contributed by atoms with Gasteiger partial charge in [0.25, 0.3) is 0 Å². The molecule has 88 valence electrons. The molecule has 1 aromatic carbocycles. The topological polar surface area (TPSA) is 15.6 Å². The molecule has 2 nitrogen and oxygen atoms in total. The van der Waals surface area contributed by atoms with Gasteiger partial charge < -0.3 is 0 Å². The van der Waals surface area contributed by atoms with Crippen LogP contribution in [0.5, 0.6) is 0 Å². The van der Waals surface area contributed by atoms with Crippen LogP contribution < -0.4 is 5.01 Å². The van der Waals surface area contributed by atoms with Crippen molar-refractivity contribution in [2.24, 2.45) is 5.10 Å². The van der Waals surface area contributed by atoms with Gasteiger partial charge in [0, 0.05) is 12.8 Å². The third-order valence-corrected chi connectivity index (χ3v) is 2.58. The van der Waals surface area contributed by atoms with Gasteiger partial charge in [0.05, 0.1) is 5.69 Å². The van der Waals surface area contributed by atoms with Crippen LogP contribution in [0, 0.1) is 0 Å². The fraction of sp³-hybridized carbons (Fsp3) is 0.500. The summed E-state index contributed by atoms with van der Waals surface area (Å²) >= 11 is 0. The van der Waals surface area contributed by atoms with E-state index in [9.17, 15) is 0 Å².